The van der Waals surface area contributed by atoms with E-state index in [0.717, 1.165) is 90.0 Å². The molecule has 0 aromatic carbocycles. The molecule has 0 bridgehead atoms. The zero-order chi connectivity index (χ0) is 44.6. The molecule has 5 amide bonds. The van der Waals surface area contributed by atoms with Crippen molar-refractivity contribution in [1.82, 2.24) is 34.8 Å². The Labute approximate surface area is 377 Å². The maximum absolute atomic E-state index is 15.4. The molecule has 7 aliphatic rings. The molecule has 4 aliphatic carbocycles. The first-order valence-corrected chi connectivity index (χ1v) is 25.3. The number of hydrogen-bond donors (Lipinski definition) is 4. The summed E-state index contributed by atoms with van der Waals surface area (Å²) in [5, 5.41) is 9.48. The molecule has 7 rings (SSSR count). The van der Waals surface area contributed by atoms with Crippen molar-refractivity contribution in [2.24, 2.45) is 33.0 Å². The molecule has 7 fully saturated rings. The summed E-state index contributed by atoms with van der Waals surface area (Å²) < 4.78 is 30.3. The van der Waals surface area contributed by atoms with Crippen LogP contribution in [0.15, 0.2) is 0 Å². The van der Waals surface area contributed by atoms with Crippen molar-refractivity contribution in [3.8, 4) is 0 Å². The Morgan fingerprint density at radius 3 is 1.92 bits per heavy atom. The van der Waals surface area contributed by atoms with Crippen LogP contribution in [-0.4, -0.2) is 114 Å². The molecular formula is C46H78ClN7O7S. The van der Waals surface area contributed by atoms with Gasteiger partial charge in [-0.3, -0.25) is 28.9 Å². The van der Waals surface area contributed by atoms with Crippen LogP contribution < -0.4 is 20.7 Å². The molecule has 16 heteroatoms. The van der Waals surface area contributed by atoms with Crippen LogP contribution in [0.25, 0.3) is 0 Å². The number of piperidine rings is 1. The molecule has 2 spiro atoms. The Kier molecular flexibility index (Phi) is 13.7. The minimum absolute atomic E-state index is 0. The van der Waals surface area contributed by atoms with Gasteiger partial charge in [-0.2, -0.15) is 12.7 Å². The van der Waals surface area contributed by atoms with Gasteiger partial charge < -0.3 is 20.9 Å². The summed E-state index contributed by atoms with van der Waals surface area (Å²) >= 11 is 0. The normalized spacial score (nSPS) is 33.0. The van der Waals surface area contributed by atoms with Crippen molar-refractivity contribution in [1.29, 1.82) is 0 Å². The summed E-state index contributed by atoms with van der Waals surface area (Å²) in [5.74, 6) is -2.14. The second-order valence-electron chi connectivity index (χ2n) is 22.4. The lowest BCUT2D eigenvalue weighted by atomic mass is 9.73. The Balaban J connectivity index is 0.00000641. The molecule has 0 aromatic rings. The van der Waals surface area contributed by atoms with Gasteiger partial charge in [-0.1, -0.05) is 80.6 Å². The number of carbonyl (C=O) groups is 5. The Morgan fingerprint density at radius 2 is 1.39 bits per heavy atom. The molecule has 3 saturated heterocycles. The lowest BCUT2D eigenvalue weighted by molar-refractivity contribution is -0.145. The SMILES string of the molecule is CC[C@]1(C)C[C@]1(NC(=O)[C@@H]1C[C@@]2(CN1C(=O)[C@@H](NC(=O)[C@@H](NC(=O)[C@@H]1CCCCN1C(C)C)C1CCCCC1)C(C)(C)C)C(C)(C)C21CCC1)C(=O)NS(=O)(=O)N1CCCC1.Cl. The molecule has 14 nitrogen and oxygen atoms in total. The Hall–Kier alpha value is -2.49. The number of nitrogens with zero attached hydrogens (tertiary/aromatic N) is 3. The summed E-state index contributed by atoms with van der Waals surface area (Å²) in [6, 6.07) is -2.88. The first kappa shape index (κ1) is 49.0. The Bertz CT molecular complexity index is 1860. The summed E-state index contributed by atoms with van der Waals surface area (Å²) in [6.45, 7) is 20.1. The van der Waals surface area contributed by atoms with Crippen molar-refractivity contribution in [2.75, 3.05) is 26.2 Å². The number of likely N-dealkylation sites (tertiary alicyclic amines) is 2. The third-order valence-corrected chi connectivity index (χ3v) is 19.2. The first-order chi connectivity index (χ1) is 28.5. The maximum atomic E-state index is 15.4. The third-order valence-electron chi connectivity index (χ3n) is 17.7. The fourth-order valence-corrected chi connectivity index (χ4v) is 14.4. The number of carbonyl (C=O) groups excluding carboxylic acids is 5. The van der Waals surface area contributed by atoms with Gasteiger partial charge in [0.2, 0.25) is 23.6 Å². The van der Waals surface area contributed by atoms with Crippen molar-refractivity contribution >= 4 is 52.2 Å². The minimum atomic E-state index is -4.10. The molecule has 3 heterocycles. The van der Waals surface area contributed by atoms with E-state index in [1.807, 2.05) is 34.6 Å². The highest BCUT2D eigenvalue weighted by Crippen LogP contribution is 2.88. The molecule has 7 atom stereocenters. The average molecular weight is 909 g/mol. The second kappa shape index (κ2) is 17.4. The monoisotopic (exact) mass is 908 g/mol. The average Bonchev–Trinajstić information content (AvgIpc) is 3.59. The highest BCUT2D eigenvalue weighted by Gasteiger charge is 2.85. The number of amides is 5. The van der Waals surface area contributed by atoms with Gasteiger partial charge in [0.25, 0.3) is 5.91 Å². The van der Waals surface area contributed by atoms with E-state index in [9.17, 15) is 27.6 Å². The lowest BCUT2D eigenvalue weighted by Crippen LogP contribution is -2.63. The predicted molar refractivity (Wildman–Crippen MR) is 241 cm³/mol. The van der Waals surface area contributed by atoms with Crippen molar-refractivity contribution in [2.45, 2.75) is 201 Å². The summed E-state index contributed by atoms with van der Waals surface area (Å²) in [4.78, 5) is 77.3. The van der Waals surface area contributed by atoms with E-state index in [4.69, 9.17) is 0 Å². The van der Waals surface area contributed by atoms with Crippen molar-refractivity contribution in [3.63, 3.8) is 0 Å². The van der Waals surface area contributed by atoms with E-state index < -0.39 is 56.5 Å². The van der Waals surface area contributed by atoms with Crippen LogP contribution in [0.2, 0.25) is 0 Å². The van der Waals surface area contributed by atoms with Gasteiger partial charge in [-0.25, -0.2) is 4.72 Å². The molecule has 0 aromatic heterocycles. The fraction of sp³-hybridized carbons (Fsp3) is 0.891. The van der Waals surface area contributed by atoms with Gasteiger partial charge in [-0.15, -0.1) is 12.4 Å². The highest BCUT2D eigenvalue weighted by molar-refractivity contribution is 7.87. The van der Waals surface area contributed by atoms with E-state index in [1.54, 1.807) is 4.90 Å². The largest absolute Gasteiger partial charge is 0.343 e. The molecular weight excluding hydrogens is 830 g/mol. The van der Waals surface area contributed by atoms with E-state index >= 15 is 4.79 Å². The van der Waals surface area contributed by atoms with Gasteiger partial charge in [0.15, 0.2) is 0 Å². The number of halogens is 1. The van der Waals surface area contributed by atoms with Gasteiger partial charge >= 0.3 is 10.2 Å². The maximum Gasteiger partial charge on any atom is 0.303 e. The smallest absolute Gasteiger partial charge is 0.303 e. The predicted octanol–water partition coefficient (Wildman–Crippen LogP) is 5.20. The second-order valence-corrected chi connectivity index (χ2v) is 24.1. The third kappa shape index (κ3) is 8.11. The topological polar surface area (TPSA) is 177 Å². The molecule has 352 valence electrons. The van der Waals surface area contributed by atoms with E-state index in [-0.39, 0.29) is 70.8 Å². The zero-order valence-electron chi connectivity index (χ0n) is 39.1. The van der Waals surface area contributed by atoms with Gasteiger partial charge in [0, 0.05) is 36.5 Å². The van der Waals surface area contributed by atoms with Gasteiger partial charge in [-0.05, 0) is 113 Å². The van der Waals surface area contributed by atoms with Gasteiger partial charge in [0.1, 0.15) is 23.7 Å². The summed E-state index contributed by atoms with van der Waals surface area (Å²) in [7, 11) is -4.10. The summed E-state index contributed by atoms with van der Waals surface area (Å²) in [5.41, 5.74) is -3.38. The van der Waals surface area contributed by atoms with Crippen molar-refractivity contribution in [3.05, 3.63) is 0 Å². The molecule has 62 heavy (non-hydrogen) atoms. The van der Waals surface area contributed by atoms with Crippen LogP contribution in [0.4, 0.5) is 0 Å². The lowest BCUT2D eigenvalue weighted by Gasteiger charge is -2.40. The number of fused-ring (bicyclic) bond motifs is 1. The standard InChI is InChI=1S/C46H77N7O7S.ClH/c1-10-43(9)28-46(43,40(58)50-61(59,60)51-24-16-17-25-51)49-37(55)33-27-45(42(7,8)44(45)22-18-23-44)29-53(33)39(57)35(41(4,5)6)48-38(56)34(31-19-12-11-13-20-31)47-36(54)32-21-14-15-26-52(32)30(2)3;/h30-35H,10-29H2,1-9H3,(H,47,54)(H,48,56)(H,49,55)(H,50,58);1H/t32-,33-,34-,35+,43+,45+,46-;/m0./s1. The van der Waals surface area contributed by atoms with E-state index in [2.05, 4.69) is 53.3 Å². The number of hydrogen-bond acceptors (Lipinski definition) is 8. The quantitative estimate of drug-likeness (QED) is 0.195. The van der Waals surface area contributed by atoms with Crippen molar-refractivity contribution < 1.29 is 32.4 Å². The minimum Gasteiger partial charge on any atom is -0.343 e. The Morgan fingerprint density at radius 1 is 0.774 bits per heavy atom. The van der Waals surface area contributed by atoms with Crippen LogP contribution >= 0.6 is 12.4 Å². The molecule has 4 N–H and O–H groups in total. The van der Waals surface area contributed by atoms with Crippen LogP contribution in [0.3, 0.4) is 0 Å². The zero-order valence-corrected chi connectivity index (χ0v) is 40.8. The van der Waals surface area contributed by atoms with Gasteiger partial charge in [0.05, 0.1) is 6.04 Å². The highest BCUT2D eigenvalue weighted by atomic mass is 35.5. The fourth-order valence-electron chi connectivity index (χ4n) is 13.1. The van der Waals surface area contributed by atoms with Crippen LogP contribution in [-0.2, 0) is 34.2 Å². The molecule has 0 unspecified atom stereocenters. The first-order valence-electron chi connectivity index (χ1n) is 23.8. The summed E-state index contributed by atoms with van der Waals surface area (Å²) in [6.07, 6.45) is 13.2. The number of nitrogens with one attached hydrogen (secondary N) is 4. The van der Waals surface area contributed by atoms with E-state index in [0.29, 0.717) is 32.5 Å². The van der Waals surface area contributed by atoms with Crippen LogP contribution in [0.5, 0.6) is 0 Å². The number of rotatable bonds is 13. The van der Waals surface area contributed by atoms with Crippen LogP contribution in [0.1, 0.15) is 165 Å². The molecule has 4 saturated carbocycles. The van der Waals surface area contributed by atoms with E-state index in [1.165, 1.54) is 4.31 Å². The van der Waals surface area contributed by atoms with Crippen LogP contribution in [0, 0.1) is 33.0 Å². The molecule has 0 radical (unpaired) electrons. The molecule has 3 aliphatic heterocycles.